The third-order valence-electron chi connectivity index (χ3n) is 3.18. The summed E-state index contributed by atoms with van der Waals surface area (Å²) in [5.74, 6) is -0.826. The Hall–Kier alpha value is -1.56. The molecule has 1 atom stereocenters. The van der Waals surface area contributed by atoms with Gasteiger partial charge in [-0.3, -0.25) is 4.79 Å². The highest BCUT2D eigenvalue weighted by Crippen LogP contribution is 2.29. The van der Waals surface area contributed by atoms with E-state index in [-0.39, 0.29) is 12.5 Å². The summed E-state index contributed by atoms with van der Waals surface area (Å²) in [6.07, 6.45) is -2.39. The van der Waals surface area contributed by atoms with E-state index in [2.05, 4.69) is 5.32 Å². The standard InChI is InChI=1S/C15H20F3NO2/c1-11(19-9-3-6-14(20)21)7-8-12-4-2-5-13(10-12)15(16,17)18/h2,4-5,10-11,19H,3,6-9H2,1H3,(H,20,21). The summed E-state index contributed by atoms with van der Waals surface area (Å²) in [7, 11) is 0. The number of hydrogen-bond acceptors (Lipinski definition) is 2. The lowest BCUT2D eigenvalue weighted by Gasteiger charge is -2.14. The molecule has 0 saturated heterocycles. The van der Waals surface area contributed by atoms with Gasteiger partial charge in [0.1, 0.15) is 0 Å². The SMILES string of the molecule is CC(CCc1cccc(C(F)(F)F)c1)NCCCC(=O)O. The van der Waals surface area contributed by atoms with E-state index in [0.29, 0.717) is 31.4 Å². The second-order valence-corrected chi connectivity index (χ2v) is 5.09. The van der Waals surface area contributed by atoms with Gasteiger partial charge in [-0.25, -0.2) is 0 Å². The molecule has 0 aromatic heterocycles. The predicted molar refractivity (Wildman–Crippen MR) is 74.1 cm³/mol. The molecule has 3 nitrogen and oxygen atoms in total. The van der Waals surface area contributed by atoms with Crippen molar-refractivity contribution in [1.29, 1.82) is 0 Å². The van der Waals surface area contributed by atoms with Crippen LogP contribution >= 0.6 is 0 Å². The van der Waals surface area contributed by atoms with Crippen molar-refractivity contribution in [1.82, 2.24) is 5.32 Å². The molecule has 0 heterocycles. The normalized spacial score (nSPS) is 13.1. The zero-order valence-corrected chi connectivity index (χ0v) is 11.9. The molecule has 2 N–H and O–H groups in total. The summed E-state index contributed by atoms with van der Waals surface area (Å²) < 4.78 is 37.7. The van der Waals surface area contributed by atoms with Crippen molar-refractivity contribution in [2.45, 2.75) is 44.8 Å². The molecule has 0 bridgehead atoms. The monoisotopic (exact) mass is 303 g/mol. The Morgan fingerprint density at radius 1 is 1.38 bits per heavy atom. The maximum Gasteiger partial charge on any atom is 0.416 e. The molecule has 0 aliphatic carbocycles. The fourth-order valence-corrected chi connectivity index (χ4v) is 1.98. The minimum atomic E-state index is -4.31. The van der Waals surface area contributed by atoms with Crippen LogP contribution in [0.4, 0.5) is 13.2 Å². The molecule has 0 spiro atoms. The van der Waals surface area contributed by atoms with Crippen LogP contribution in [0.3, 0.4) is 0 Å². The van der Waals surface area contributed by atoms with Gasteiger partial charge in [-0.2, -0.15) is 13.2 Å². The molecule has 0 aliphatic rings. The largest absolute Gasteiger partial charge is 0.481 e. The molecule has 0 radical (unpaired) electrons. The first-order chi connectivity index (χ1) is 9.79. The molecular weight excluding hydrogens is 283 g/mol. The Labute approximate surface area is 122 Å². The Morgan fingerprint density at radius 3 is 2.71 bits per heavy atom. The van der Waals surface area contributed by atoms with Gasteiger partial charge in [-0.15, -0.1) is 0 Å². The second kappa shape index (κ2) is 8.02. The fourth-order valence-electron chi connectivity index (χ4n) is 1.98. The van der Waals surface area contributed by atoms with Crippen molar-refractivity contribution in [3.05, 3.63) is 35.4 Å². The van der Waals surface area contributed by atoms with Crippen molar-refractivity contribution in [2.24, 2.45) is 0 Å². The maximum absolute atomic E-state index is 12.6. The molecule has 118 valence electrons. The number of alkyl halides is 3. The van der Waals surface area contributed by atoms with Gasteiger partial charge >= 0.3 is 12.1 Å². The number of benzene rings is 1. The number of carboxylic acid groups (broad SMARTS) is 1. The number of carbonyl (C=O) groups is 1. The van der Waals surface area contributed by atoms with E-state index in [4.69, 9.17) is 5.11 Å². The van der Waals surface area contributed by atoms with E-state index in [1.807, 2.05) is 6.92 Å². The summed E-state index contributed by atoms with van der Waals surface area (Å²) >= 11 is 0. The van der Waals surface area contributed by atoms with Gasteiger partial charge in [0, 0.05) is 12.5 Å². The Balaban J connectivity index is 2.36. The van der Waals surface area contributed by atoms with Crippen LogP contribution in [0.5, 0.6) is 0 Å². The first-order valence-electron chi connectivity index (χ1n) is 6.90. The van der Waals surface area contributed by atoms with Crippen LogP contribution in [-0.4, -0.2) is 23.7 Å². The van der Waals surface area contributed by atoms with Crippen LogP contribution in [-0.2, 0) is 17.4 Å². The van der Waals surface area contributed by atoms with Crippen LogP contribution in [0.15, 0.2) is 24.3 Å². The van der Waals surface area contributed by atoms with Gasteiger partial charge in [0.25, 0.3) is 0 Å². The molecule has 1 aromatic carbocycles. The molecule has 1 aromatic rings. The number of rotatable bonds is 8. The molecule has 0 fully saturated rings. The summed E-state index contributed by atoms with van der Waals surface area (Å²) in [4.78, 5) is 10.3. The summed E-state index contributed by atoms with van der Waals surface area (Å²) in [6, 6.07) is 5.48. The lowest BCUT2D eigenvalue weighted by Crippen LogP contribution is -2.27. The molecule has 0 aliphatic heterocycles. The molecule has 0 amide bonds. The lowest BCUT2D eigenvalue weighted by molar-refractivity contribution is -0.138. The van der Waals surface area contributed by atoms with Crippen molar-refractivity contribution in [3.8, 4) is 0 Å². The molecule has 1 rings (SSSR count). The van der Waals surface area contributed by atoms with Gasteiger partial charge in [0.15, 0.2) is 0 Å². The topological polar surface area (TPSA) is 49.3 Å². The highest BCUT2D eigenvalue weighted by Gasteiger charge is 2.30. The van der Waals surface area contributed by atoms with Gasteiger partial charge in [-0.05, 0) is 44.4 Å². The highest BCUT2D eigenvalue weighted by molar-refractivity contribution is 5.66. The van der Waals surface area contributed by atoms with Crippen LogP contribution in [0, 0.1) is 0 Å². The highest BCUT2D eigenvalue weighted by atomic mass is 19.4. The average molecular weight is 303 g/mol. The van der Waals surface area contributed by atoms with E-state index in [0.717, 1.165) is 6.07 Å². The molecule has 6 heteroatoms. The minimum Gasteiger partial charge on any atom is -0.481 e. The number of aliphatic carboxylic acids is 1. The third kappa shape index (κ3) is 7.13. The Bertz CT molecular complexity index is 460. The lowest BCUT2D eigenvalue weighted by atomic mass is 10.0. The molecule has 1 unspecified atom stereocenters. The number of nitrogens with one attached hydrogen (secondary N) is 1. The maximum atomic E-state index is 12.6. The van der Waals surface area contributed by atoms with Crippen molar-refractivity contribution in [3.63, 3.8) is 0 Å². The van der Waals surface area contributed by atoms with E-state index in [1.54, 1.807) is 6.07 Å². The Kier molecular flexibility index (Phi) is 6.68. The number of carboxylic acids is 1. The minimum absolute atomic E-state index is 0.118. The van der Waals surface area contributed by atoms with E-state index >= 15 is 0 Å². The summed E-state index contributed by atoms with van der Waals surface area (Å²) in [6.45, 7) is 2.53. The Morgan fingerprint density at radius 2 is 2.10 bits per heavy atom. The van der Waals surface area contributed by atoms with E-state index in [1.165, 1.54) is 12.1 Å². The first kappa shape index (κ1) is 17.5. The first-order valence-corrected chi connectivity index (χ1v) is 6.90. The molecule has 21 heavy (non-hydrogen) atoms. The average Bonchev–Trinajstić information content (AvgIpc) is 2.40. The zero-order chi connectivity index (χ0) is 15.9. The number of halogens is 3. The summed E-state index contributed by atoms with van der Waals surface area (Å²) in [5.41, 5.74) is 0.0334. The smallest absolute Gasteiger partial charge is 0.416 e. The molecule has 0 saturated carbocycles. The third-order valence-corrected chi connectivity index (χ3v) is 3.18. The summed E-state index contributed by atoms with van der Waals surface area (Å²) in [5, 5.41) is 11.7. The van der Waals surface area contributed by atoms with Gasteiger partial charge in [0.2, 0.25) is 0 Å². The second-order valence-electron chi connectivity index (χ2n) is 5.09. The van der Waals surface area contributed by atoms with Crippen LogP contribution in [0.1, 0.15) is 37.3 Å². The van der Waals surface area contributed by atoms with E-state index < -0.39 is 17.7 Å². The van der Waals surface area contributed by atoms with E-state index in [9.17, 15) is 18.0 Å². The van der Waals surface area contributed by atoms with Crippen LogP contribution in [0.2, 0.25) is 0 Å². The van der Waals surface area contributed by atoms with Gasteiger partial charge in [-0.1, -0.05) is 18.2 Å². The number of hydrogen-bond donors (Lipinski definition) is 2. The van der Waals surface area contributed by atoms with Gasteiger partial charge < -0.3 is 10.4 Å². The van der Waals surface area contributed by atoms with Crippen molar-refractivity contribution >= 4 is 5.97 Å². The number of aryl methyl sites for hydroxylation is 1. The van der Waals surface area contributed by atoms with Crippen LogP contribution < -0.4 is 5.32 Å². The van der Waals surface area contributed by atoms with Crippen LogP contribution in [0.25, 0.3) is 0 Å². The van der Waals surface area contributed by atoms with Crippen molar-refractivity contribution < 1.29 is 23.1 Å². The quantitative estimate of drug-likeness (QED) is 0.723. The van der Waals surface area contributed by atoms with Crippen molar-refractivity contribution in [2.75, 3.05) is 6.54 Å². The zero-order valence-electron chi connectivity index (χ0n) is 11.9. The molecular formula is C15H20F3NO2. The van der Waals surface area contributed by atoms with Gasteiger partial charge in [0.05, 0.1) is 5.56 Å². The fraction of sp³-hybridized carbons (Fsp3) is 0.533. The predicted octanol–water partition coefficient (Wildman–Crippen LogP) is 3.48.